The van der Waals surface area contributed by atoms with Gasteiger partial charge in [-0.2, -0.15) is 0 Å². The second-order valence-electron chi connectivity index (χ2n) is 0.513. The summed E-state index contributed by atoms with van der Waals surface area (Å²) in [4.78, 5) is 21.6. The van der Waals surface area contributed by atoms with Gasteiger partial charge in [-0.1, -0.05) is 0 Å². The van der Waals surface area contributed by atoms with Crippen molar-refractivity contribution in [3.8, 4) is 0 Å². The molecule has 7 heteroatoms. The Morgan fingerprint density at radius 3 is 1.14 bits per heavy atom. The molecule has 0 amide bonds. The molecule has 0 aliphatic carbocycles. The monoisotopic (exact) mass is 396 g/mol. The zero-order valence-electron chi connectivity index (χ0n) is 3.11. The van der Waals surface area contributed by atoms with Gasteiger partial charge in [0.05, 0.1) is 0 Å². The predicted octanol–water partition coefficient (Wildman–Crippen LogP) is -0.929. The van der Waals surface area contributed by atoms with E-state index in [2.05, 4.69) is 0 Å². The number of hydrogen-bond acceptors (Lipinski definition) is 1. The average Bonchev–Trinajstić information content (AvgIpc) is 0.722. The van der Waals surface area contributed by atoms with Gasteiger partial charge in [0.2, 0.25) is 0 Å². The molecule has 0 aliphatic heterocycles. The molecule has 4 nitrogen and oxygen atoms in total. The van der Waals surface area contributed by atoms with Gasteiger partial charge in [0.25, 0.3) is 0 Å². The molecule has 0 atom stereocenters. The van der Waals surface area contributed by atoms with E-state index in [0.29, 0.717) is 0 Å². The van der Waals surface area contributed by atoms with Gasteiger partial charge in [0.1, 0.15) is 0 Å². The van der Waals surface area contributed by atoms with Gasteiger partial charge >= 0.3 is 7.82 Å². The molecule has 0 rings (SSSR count). The summed E-state index contributed by atoms with van der Waals surface area (Å²) >= 11 is 0. The fraction of sp³-hybridized carbons (Fsp3) is 0. The number of hydrogen-bond donors (Lipinski definition) is 3. The number of phosphoric acid groups is 1. The average molecular weight is 396 g/mol. The zero-order valence-corrected chi connectivity index (χ0v) is 9.77. The summed E-state index contributed by atoms with van der Waals surface area (Å²) in [6.07, 6.45) is 0. The molecular weight excluding hydrogens is 393 g/mol. The van der Waals surface area contributed by atoms with E-state index in [0.717, 1.165) is 0 Å². The van der Waals surface area contributed by atoms with Crippen molar-refractivity contribution in [2.24, 2.45) is 0 Å². The van der Waals surface area contributed by atoms with Crippen molar-refractivity contribution < 1.29 is 93.5 Å². The fourth-order valence-corrected chi connectivity index (χ4v) is 0. The standard InChI is InChI=1S/La.H3O4P.Tb/c;1-5(2,3)4;/h;(H3,1,2,3,4);. The molecule has 0 bridgehead atoms. The van der Waals surface area contributed by atoms with Crippen LogP contribution in [0.3, 0.4) is 0 Å². The van der Waals surface area contributed by atoms with Crippen LogP contribution in [-0.4, -0.2) is 14.7 Å². The topological polar surface area (TPSA) is 77.8 Å². The Bertz CT molecular complexity index is 57.8. The molecule has 0 saturated heterocycles. The Morgan fingerprint density at radius 1 is 1.14 bits per heavy atom. The molecule has 0 fully saturated rings. The second-order valence-corrected chi connectivity index (χ2v) is 1.54. The van der Waals surface area contributed by atoms with Crippen molar-refractivity contribution in [1.82, 2.24) is 0 Å². The number of rotatable bonds is 0. The van der Waals surface area contributed by atoms with E-state index < -0.39 is 7.82 Å². The summed E-state index contributed by atoms with van der Waals surface area (Å²) in [5.41, 5.74) is 0. The van der Waals surface area contributed by atoms with Crippen LogP contribution in [0.4, 0.5) is 0 Å². The van der Waals surface area contributed by atoms with E-state index >= 15 is 0 Å². The first-order valence-corrected chi connectivity index (χ1v) is 2.35. The summed E-state index contributed by atoms with van der Waals surface area (Å²) in [5.74, 6) is 0. The Kier molecular flexibility index (Phi) is 15.6. The molecule has 2 radical (unpaired) electrons. The summed E-state index contributed by atoms with van der Waals surface area (Å²) in [6.45, 7) is 0. The van der Waals surface area contributed by atoms with Gasteiger partial charge < -0.3 is 14.7 Å². The Labute approximate surface area is 99.3 Å². The summed E-state index contributed by atoms with van der Waals surface area (Å²) in [7, 11) is -4.64. The minimum Gasteiger partial charge on any atom is -0.303 e. The van der Waals surface area contributed by atoms with E-state index in [1.54, 1.807) is 0 Å². The fourth-order valence-electron chi connectivity index (χ4n) is 0. The smallest absolute Gasteiger partial charge is 0.303 e. The maximum atomic E-state index is 8.88. The minimum absolute atomic E-state index is 0. The largest absolute Gasteiger partial charge is 0.466 e. The summed E-state index contributed by atoms with van der Waals surface area (Å²) in [6, 6.07) is 0. The third-order valence-electron chi connectivity index (χ3n) is 0. The molecule has 0 heterocycles. The first kappa shape index (κ1) is 16.3. The van der Waals surface area contributed by atoms with E-state index in [-0.39, 0.29) is 74.2 Å². The summed E-state index contributed by atoms with van der Waals surface area (Å²) < 4.78 is 8.88. The Hall–Kier alpha value is 2.59. The van der Waals surface area contributed by atoms with Crippen LogP contribution in [0, 0.1) is 74.2 Å². The first-order chi connectivity index (χ1) is 2.00. The molecule has 0 aromatic carbocycles. The van der Waals surface area contributed by atoms with Gasteiger partial charge in [-0.3, -0.25) is 0 Å². The van der Waals surface area contributed by atoms with Crippen molar-refractivity contribution in [2.75, 3.05) is 0 Å². The van der Waals surface area contributed by atoms with Crippen LogP contribution in [0.15, 0.2) is 0 Å². The van der Waals surface area contributed by atoms with Crippen LogP contribution in [0.2, 0.25) is 0 Å². The zero-order chi connectivity index (χ0) is 4.50. The third kappa shape index (κ3) is 55.6. The van der Waals surface area contributed by atoms with Crippen LogP contribution < -0.4 is 0 Å². The minimum atomic E-state index is -4.64. The first-order valence-electron chi connectivity index (χ1n) is 0.783. The SMILES string of the molecule is O=P(O)(O)O.[La].[Tb]. The van der Waals surface area contributed by atoms with Gasteiger partial charge in [-0.05, 0) is 0 Å². The van der Waals surface area contributed by atoms with Crippen LogP contribution in [-0.2, 0) is 4.57 Å². The van der Waals surface area contributed by atoms with E-state index in [1.807, 2.05) is 0 Å². The predicted molar refractivity (Wildman–Crippen MR) is 14.3 cm³/mol. The molecular formula is H3LaO4PTb. The molecule has 0 aliphatic rings. The van der Waals surface area contributed by atoms with Gasteiger partial charge in [0.15, 0.2) is 0 Å². The molecule has 3 N–H and O–H groups in total. The molecule has 7 heavy (non-hydrogen) atoms. The van der Waals surface area contributed by atoms with Gasteiger partial charge in [0, 0.05) is 74.2 Å². The molecule has 0 aromatic rings. The quantitative estimate of drug-likeness (QED) is 0.463. The Morgan fingerprint density at radius 2 is 1.14 bits per heavy atom. The van der Waals surface area contributed by atoms with Gasteiger partial charge in [-0.15, -0.1) is 0 Å². The van der Waals surface area contributed by atoms with Crippen molar-refractivity contribution >= 4 is 7.82 Å². The van der Waals surface area contributed by atoms with E-state index in [1.165, 1.54) is 0 Å². The summed E-state index contributed by atoms with van der Waals surface area (Å²) in [5, 5.41) is 0. The van der Waals surface area contributed by atoms with Crippen LogP contribution in [0.5, 0.6) is 0 Å². The maximum absolute atomic E-state index is 8.88. The third-order valence-corrected chi connectivity index (χ3v) is 0. The molecule has 0 aromatic heterocycles. The molecule has 0 spiro atoms. The van der Waals surface area contributed by atoms with Crippen molar-refractivity contribution in [1.29, 1.82) is 0 Å². The Balaban J connectivity index is -0.0000000800. The van der Waals surface area contributed by atoms with Crippen LogP contribution in [0.25, 0.3) is 0 Å². The van der Waals surface area contributed by atoms with Crippen molar-refractivity contribution in [3.63, 3.8) is 0 Å². The van der Waals surface area contributed by atoms with E-state index in [4.69, 9.17) is 19.2 Å². The van der Waals surface area contributed by atoms with Gasteiger partial charge in [-0.25, -0.2) is 4.57 Å². The van der Waals surface area contributed by atoms with Crippen LogP contribution in [0.1, 0.15) is 0 Å². The normalized spacial score (nSPS) is 8.43. The molecule has 44 valence electrons. The van der Waals surface area contributed by atoms with Crippen LogP contribution >= 0.6 is 7.82 Å². The van der Waals surface area contributed by atoms with Crippen molar-refractivity contribution in [2.45, 2.75) is 0 Å². The molecule has 0 saturated carbocycles. The second kappa shape index (κ2) is 6.71. The maximum Gasteiger partial charge on any atom is 0.466 e. The molecule has 0 unspecified atom stereocenters. The van der Waals surface area contributed by atoms with E-state index in [9.17, 15) is 0 Å². The van der Waals surface area contributed by atoms with Crippen molar-refractivity contribution in [3.05, 3.63) is 0 Å².